The second-order valence-corrected chi connectivity index (χ2v) is 9.38. The molecule has 7 unspecified atom stereocenters. The molecular formula is C21H32O2. The minimum Gasteiger partial charge on any atom is -0.393 e. The Labute approximate surface area is 140 Å². The van der Waals surface area contributed by atoms with Crippen LogP contribution in [-0.2, 0) is 4.79 Å². The summed E-state index contributed by atoms with van der Waals surface area (Å²) < 4.78 is 0. The normalized spacial score (nSPS) is 52.1. The molecule has 2 heteroatoms. The molecule has 4 rings (SSSR count). The van der Waals surface area contributed by atoms with E-state index in [0.29, 0.717) is 22.7 Å². The molecule has 0 radical (unpaired) electrons. The third kappa shape index (κ3) is 2.20. The highest BCUT2D eigenvalue weighted by Crippen LogP contribution is 2.65. The number of hydrogen-bond donors (Lipinski definition) is 1. The van der Waals surface area contributed by atoms with Gasteiger partial charge in [-0.3, -0.25) is 0 Å². The van der Waals surface area contributed by atoms with Crippen LogP contribution in [0.5, 0.6) is 0 Å². The largest absolute Gasteiger partial charge is 0.393 e. The molecule has 0 aliphatic heterocycles. The van der Waals surface area contributed by atoms with Gasteiger partial charge < -0.3 is 9.90 Å². The van der Waals surface area contributed by atoms with E-state index in [9.17, 15) is 9.90 Å². The minimum absolute atomic E-state index is 0.0671. The van der Waals surface area contributed by atoms with Crippen LogP contribution in [0.1, 0.15) is 71.6 Å². The topological polar surface area (TPSA) is 37.3 Å². The molecule has 2 nitrogen and oxygen atoms in total. The van der Waals surface area contributed by atoms with Crippen molar-refractivity contribution in [3.8, 4) is 0 Å². The SMILES string of the molecule is CC12CCC(O)CC1CCC1C2=CCC2(C)C(CC=O)CCC12. The van der Waals surface area contributed by atoms with Gasteiger partial charge in [-0.2, -0.15) is 0 Å². The number of carbonyl (C=O) groups is 1. The van der Waals surface area contributed by atoms with Gasteiger partial charge in [0.2, 0.25) is 0 Å². The maximum Gasteiger partial charge on any atom is 0.120 e. The Kier molecular flexibility index (Phi) is 3.75. The van der Waals surface area contributed by atoms with Crippen molar-refractivity contribution >= 4 is 6.29 Å². The van der Waals surface area contributed by atoms with E-state index in [-0.39, 0.29) is 6.10 Å². The molecule has 1 N–H and O–H groups in total. The highest BCUT2D eigenvalue weighted by molar-refractivity contribution is 5.50. The first-order chi connectivity index (χ1) is 11.0. The molecule has 0 saturated heterocycles. The van der Waals surface area contributed by atoms with E-state index in [1.54, 1.807) is 5.57 Å². The molecule has 0 aromatic carbocycles. The molecule has 0 aromatic heterocycles. The first kappa shape index (κ1) is 15.9. The van der Waals surface area contributed by atoms with E-state index in [1.165, 1.54) is 38.5 Å². The molecule has 4 aliphatic rings. The Balaban J connectivity index is 1.66. The van der Waals surface area contributed by atoms with Gasteiger partial charge in [-0.05, 0) is 85.9 Å². The van der Waals surface area contributed by atoms with Crippen molar-refractivity contribution in [1.82, 2.24) is 0 Å². The second kappa shape index (κ2) is 5.44. The zero-order valence-corrected chi connectivity index (χ0v) is 14.8. The molecule has 0 aromatic rings. The standard InChI is InChI=1S/C21H32O2/c1-20-11-8-19-17(18(20)6-4-14(20)9-12-22)5-3-15-13-16(23)7-10-21(15,19)2/h8,12,14-18,23H,3-7,9-11,13H2,1-2H3. The maximum atomic E-state index is 11.1. The number of allylic oxidation sites excluding steroid dienone is 2. The summed E-state index contributed by atoms with van der Waals surface area (Å²) in [5.74, 6) is 2.82. The summed E-state index contributed by atoms with van der Waals surface area (Å²) in [7, 11) is 0. The van der Waals surface area contributed by atoms with Crippen molar-refractivity contribution in [2.45, 2.75) is 77.7 Å². The van der Waals surface area contributed by atoms with E-state index in [0.717, 1.165) is 37.4 Å². The van der Waals surface area contributed by atoms with Gasteiger partial charge in [0.15, 0.2) is 0 Å². The molecule has 0 bridgehead atoms. The van der Waals surface area contributed by atoms with Gasteiger partial charge >= 0.3 is 0 Å². The molecule has 0 amide bonds. The van der Waals surface area contributed by atoms with Crippen LogP contribution in [0.2, 0.25) is 0 Å². The number of fused-ring (bicyclic) bond motifs is 5. The maximum absolute atomic E-state index is 11.1. The molecule has 0 heterocycles. The first-order valence-corrected chi connectivity index (χ1v) is 9.81. The molecule has 128 valence electrons. The van der Waals surface area contributed by atoms with Gasteiger partial charge in [0, 0.05) is 6.42 Å². The first-order valence-electron chi connectivity index (χ1n) is 9.81. The average Bonchev–Trinajstić information content (AvgIpc) is 2.85. The lowest BCUT2D eigenvalue weighted by Gasteiger charge is -2.56. The van der Waals surface area contributed by atoms with Crippen molar-refractivity contribution in [3.05, 3.63) is 11.6 Å². The monoisotopic (exact) mass is 316 g/mol. The van der Waals surface area contributed by atoms with Crippen LogP contribution < -0.4 is 0 Å². The van der Waals surface area contributed by atoms with Crippen molar-refractivity contribution in [3.63, 3.8) is 0 Å². The lowest BCUT2D eigenvalue weighted by atomic mass is 9.48. The van der Waals surface area contributed by atoms with E-state index < -0.39 is 0 Å². The fourth-order valence-electron chi connectivity index (χ4n) is 7.11. The zero-order chi connectivity index (χ0) is 16.2. The Bertz CT molecular complexity index is 524. The fraction of sp³-hybridized carbons (Fsp3) is 0.857. The van der Waals surface area contributed by atoms with Gasteiger partial charge in [0.25, 0.3) is 0 Å². The molecule has 7 atom stereocenters. The van der Waals surface area contributed by atoms with Crippen LogP contribution in [0.3, 0.4) is 0 Å². The molecule has 0 spiro atoms. The summed E-state index contributed by atoms with van der Waals surface area (Å²) in [5.41, 5.74) is 2.44. The zero-order valence-electron chi connectivity index (χ0n) is 14.8. The van der Waals surface area contributed by atoms with Gasteiger partial charge in [0.1, 0.15) is 6.29 Å². The summed E-state index contributed by atoms with van der Waals surface area (Å²) in [6.45, 7) is 4.95. The number of rotatable bonds is 2. The fourth-order valence-corrected chi connectivity index (χ4v) is 7.11. The third-order valence-electron chi connectivity index (χ3n) is 8.57. The number of aldehydes is 1. The van der Waals surface area contributed by atoms with E-state index in [1.807, 2.05) is 0 Å². The van der Waals surface area contributed by atoms with E-state index in [4.69, 9.17) is 0 Å². The third-order valence-corrected chi connectivity index (χ3v) is 8.57. The Morgan fingerprint density at radius 2 is 2.04 bits per heavy atom. The Hall–Kier alpha value is -0.630. The van der Waals surface area contributed by atoms with Crippen molar-refractivity contribution in [2.75, 3.05) is 0 Å². The van der Waals surface area contributed by atoms with Gasteiger partial charge in [-0.1, -0.05) is 25.5 Å². The predicted octanol–water partition coefficient (Wildman–Crippen LogP) is 4.52. The summed E-state index contributed by atoms with van der Waals surface area (Å²) in [5, 5.41) is 10.1. The average molecular weight is 316 g/mol. The number of hydrogen-bond acceptors (Lipinski definition) is 2. The smallest absolute Gasteiger partial charge is 0.120 e. The van der Waals surface area contributed by atoms with Gasteiger partial charge in [-0.15, -0.1) is 0 Å². The summed E-state index contributed by atoms with van der Waals surface area (Å²) in [6, 6.07) is 0. The van der Waals surface area contributed by atoms with Gasteiger partial charge in [0.05, 0.1) is 6.10 Å². The number of aliphatic hydroxyl groups is 1. The van der Waals surface area contributed by atoms with Crippen LogP contribution in [0.25, 0.3) is 0 Å². The van der Waals surface area contributed by atoms with Crippen LogP contribution >= 0.6 is 0 Å². The summed E-state index contributed by atoms with van der Waals surface area (Å²) >= 11 is 0. The quantitative estimate of drug-likeness (QED) is 0.601. The highest BCUT2D eigenvalue weighted by Gasteiger charge is 2.56. The Morgan fingerprint density at radius 3 is 2.83 bits per heavy atom. The van der Waals surface area contributed by atoms with Crippen LogP contribution in [0.4, 0.5) is 0 Å². The van der Waals surface area contributed by atoms with Crippen molar-refractivity contribution in [2.24, 2.45) is 34.5 Å². The summed E-state index contributed by atoms with van der Waals surface area (Å²) in [6.07, 6.45) is 13.9. The van der Waals surface area contributed by atoms with E-state index in [2.05, 4.69) is 19.9 Å². The van der Waals surface area contributed by atoms with Crippen LogP contribution in [0, 0.1) is 34.5 Å². The van der Waals surface area contributed by atoms with Gasteiger partial charge in [-0.25, -0.2) is 0 Å². The molecule has 3 fully saturated rings. The lowest BCUT2D eigenvalue weighted by Crippen LogP contribution is -2.48. The molecule has 3 saturated carbocycles. The Morgan fingerprint density at radius 1 is 1.22 bits per heavy atom. The van der Waals surface area contributed by atoms with Crippen molar-refractivity contribution in [1.29, 1.82) is 0 Å². The predicted molar refractivity (Wildman–Crippen MR) is 91.9 cm³/mol. The minimum atomic E-state index is -0.0671. The van der Waals surface area contributed by atoms with Crippen LogP contribution in [-0.4, -0.2) is 17.5 Å². The molecular weight excluding hydrogens is 284 g/mol. The van der Waals surface area contributed by atoms with Crippen LogP contribution in [0.15, 0.2) is 11.6 Å². The second-order valence-electron chi connectivity index (χ2n) is 9.38. The van der Waals surface area contributed by atoms with E-state index >= 15 is 0 Å². The molecule has 23 heavy (non-hydrogen) atoms. The molecule has 4 aliphatic carbocycles. The van der Waals surface area contributed by atoms with Crippen molar-refractivity contribution < 1.29 is 9.90 Å². The number of aliphatic hydroxyl groups excluding tert-OH is 1. The summed E-state index contributed by atoms with van der Waals surface area (Å²) in [4.78, 5) is 11.1. The number of carbonyl (C=O) groups excluding carboxylic acids is 1. The lowest BCUT2D eigenvalue weighted by molar-refractivity contribution is -0.109. The highest BCUT2D eigenvalue weighted by atomic mass is 16.3.